The minimum atomic E-state index is -0.232. The van der Waals surface area contributed by atoms with Crippen molar-refractivity contribution in [3.05, 3.63) is 57.0 Å². The molecule has 1 aromatic heterocycles. The molecule has 0 saturated heterocycles. The lowest BCUT2D eigenvalue weighted by Crippen LogP contribution is -2.02. The summed E-state index contributed by atoms with van der Waals surface area (Å²) in [5.41, 5.74) is 2.30. The van der Waals surface area contributed by atoms with Crippen LogP contribution in [0, 0.1) is 12.7 Å². The van der Waals surface area contributed by atoms with Crippen LogP contribution in [-0.4, -0.2) is 4.98 Å². The molecule has 1 aromatic carbocycles. The van der Waals surface area contributed by atoms with Gasteiger partial charge in [0.1, 0.15) is 11.0 Å². The van der Waals surface area contributed by atoms with Gasteiger partial charge in [0.25, 0.3) is 0 Å². The number of aromatic nitrogens is 1. The first-order valence-electron chi connectivity index (χ1n) is 5.36. The van der Waals surface area contributed by atoms with Gasteiger partial charge >= 0.3 is 0 Å². The summed E-state index contributed by atoms with van der Waals surface area (Å²) in [4.78, 5) is 4.03. The van der Waals surface area contributed by atoms with Crippen LogP contribution in [0.1, 0.15) is 11.1 Å². The van der Waals surface area contributed by atoms with E-state index in [1.165, 1.54) is 6.07 Å². The summed E-state index contributed by atoms with van der Waals surface area (Å²) in [6, 6.07) is 6.74. The van der Waals surface area contributed by atoms with Crippen LogP contribution in [0.5, 0.6) is 0 Å². The lowest BCUT2D eigenvalue weighted by molar-refractivity contribution is 0.612. The highest BCUT2D eigenvalue weighted by molar-refractivity contribution is 9.10. The van der Waals surface area contributed by atoms with Crippen LogP contribution in [0.25, 0.3) is 0 Å². The second-order valence-electron chi connectivity index (χ2n) is 3.92. The van der Waals surface area contributed by atoms with Gasteiger partial charge in [-0.15, -0.1) is 0 Å². The molecule has 2 nitrogen and oxygen atoms in total. The second-order valence-corrected chi connectivity index (χ2v) is 5.19. The fraction of sp³-hybridized carbons (Fsp3) is 0.154. The molecule has 0 saturated carbocycles. The molecule has 0 aliphatic heterocycles. The van der Waals surface area contributed by atoms with E-state index in [9.17, 15) is 4.39 Å². The number of rotatable bonds is 3. The molecule has 94 valence electrons. The lowest BCUT2D eigenvalue weighted by atomic mass is 10.2. The molecule has 2 aromatic rings. The highest BCUT2D eigenvalue weighted by atomic mass is 79.9. The Morgan fingerprint density at radius 1 is 1.39 bits per heavy atom. The van der Waals surface area contributed by atoms with E-state index in [1.54, 1.807) is 18.3 Å². The summed E-state index contributed by atoms with van der Waals surface area (Å²) in [6.45, 7) is 2.27. The van der Waals surface area contributed by atoms with Crippen LogP contribution in [0.3, 0.4) is 0 Å². The maximum atomic E-state index is 13.5. The Kier molecular flexibility index (Phi) is 4.19. The van der Waals surface area contributed by atoms with Gasteiger partial charge in [-0.2, -0.15) is 0 Å². The second kappa shape index (κ2) is 5.67. The molecular formula is C13H11BrClFN2. The number of hydrogen-bond donors (Lipinski definition) is 1. The minimum Gasteiger partial charge on any atom is -0.380 e. The van der Waals surface area contributed by atoms with Gasteiger partial charge < -0.3 is 5.32 Å². The third kappa shape index (κ3) is 3.21. The van der Waals surface area contributed by atoms with Crippen molar-refractivity contribution in [1.82, 2.24) is 4.98 Å². The van der Waals surface area contributed by atoms with Gasteiger partial charge in [-0.3, -0.25) is 0 Å². The molecule has 0 spiro atoms. The SMILES string of the molecule is Cc1cc(NCc2cc(Br)ccc2F)cnc1Cl. The smallest absolute Gasteiger partial charge is 0.132 e. The van der Waals surface area contributed by atoms with Crippen molar-refractivity contribution < 1.29 is 4.39 Å². The summed E-state index contributed by atoms with van der Waals surface area (Å²) in [5.74, 6) is -0.232. The largest absolute Gasteiger partial charge is 0.380 e. The maximum absolute atomic E-state index is 13.5. The number of pyridine rings is 1. The zero-order valence-electron chi connectivity index (χ0n) is 9.67. The van der Waals surface area contributed by atoms with E-state index in [0.29, 0.717) is 17.3 Å². The molecule has 0 fully saturated rings. The van der Waals surface area contributed by atoms with Crippen LogP contribution in [-0.2, 0) is 6.54 Å². The molecule has 5 heteroatoms. The molecule has 18 heavy (non-hydrogen) atoms. The highest BCUT2D eigenvalue weighted by Gasteiger charge is 2.04. The first kappa shape index (κ1) is 13.3. The van der Waals surface area contributed by atoms with E-state index < -0.39 is 0 Å². The first-order chi connectivity index (χ1) is 8.56. The van der Waals surface area contributed by atoms with Gasteiger partial charge in [-0.05, 0) is 36.8 Å². The summed E-state index contributed by atoms with van der Waals surface area (Å²) in [7, 11) is 0. The third-order valence-corrected chi connectivity index (χ3v) is 3.39. The number of nitrogens with zero attached hydrogens (tertiary/aromatic N) is 1. The average Bonchev–Trinajstić information content (AvgIpc) is 2.34. The van der Waals surface area contributed by atoms with Crippen LogP contribution in [0.2, 0.25) is 5.15 Å². The molecule has 0 aliphatic rings. The van der Waals surface area contributed by atoms with E-state index in [-0.39, 0.29) is 5.82 Å². The minimum absolute atomic E-state index is 0.232. The molecular weight excluding hydrogens is 319 g/mol. The first-order valence-corrected chi connectivity index (χ1v) is 6.53. The van der Waals surface area contributed by atoms with E-state index in [2.05, 4.69) is 26.2 Å². The molecule has 2 rings (SSSR count). The van der Waals surface area contributed by atoms with Crippen molar-refractivity contribution in [3.8, 4) is 0 Å². The van der Waals surface area contributed by atoms with Gasteiger partial charge in [0, 0.05) is 16.6 Å². The van der Waals surface area contributed by atoms with Gasteiger partial charge in [0.05, 0.1) is 11.9 Å². The van der Waals surface area contributed by atoms with Gasteiger partial charge in [0.2, 0.25) is 0 Å². The molecule has 0 aliphatic carbocycles. The fourth-order valence-corrected chi connectivity index (χ4v) is 2.04. The van der Waals surface area contributed by atoms with Crippen molar-refractivity contribution in [3.63, 3.8) is 0 Å². The van der Waals surface area contributed by atoms with Crippen molar-refractivity contribution in [2.45, 2.75) is 13.5 Å². The quantitative estimate of drug-likeness (QED) is 0.835. The Morgan fingerprint density at radius 2 is 2.17 bits per heavy atom. The topological polar surface area (TPSA) is 24.9 Å². The zero-order chi connectivity index (χ0) is 13.1. The lowest BCUT2D eigenvalue weighted by Gasteiger charge is -2.08. The summed E-state index contributed by atoms with van der Waals surface area (Å²) >= 11 is 9.16. The van der Waals surface area contributed by atoms with Crippen molar-refractivity contribution in [2.24, 2.45) is 0 Å². The highest BCUT2D eigenvalue weighted by Crippen LogP contribution is 2.19. The Morgan fingerprint density at radius 3 is 2.89 bits per heavy atom. The third-order valence-electron chi connectivity index (χ3n) is 2.51. The Hall–Kier alpha value is -1.13. The summed E-state index contributed by atoms with van der Waals surface area (Å²) in [5, 5.41) is 3.60. The van der Waals surface area contributed by atoms with E-state index in [0.717, 1.165) is 15.7 Å². The van der Waals surface area contributed by atoms with Gasteiger partial charge in [-0.1, -0.05) is 27.5 Å². The van der Waals surface area contributed by atoms with E-state index >= 15 is 0 Å². The molecule has 0 amide bonds. The molecule has 0 radical (unpaired) electrons. The van der Waals surface area contributed by atoms with Gasteiger partial charge in [-0.25, -0.2) is 9.37 Å². The van der Waals surface area contributed by atoms with Crippen molar-refractivity contribution in [1.29, 1.82) is 0 Å². The number of halogens is 3. The number of benzene rings is 1. The van der Waals surface area contributed by atoms with E-state index in [4.69, 9.17) is 11.6 Å². The van der Waals surface area contributed by atoms with Crippen LogP contribution in [0.4, 0.5) is 10.1 Å². The Bertz CT molecular complexity index is 575. The predicted octanol–water partition coefficient (Wildman–Crippen LogP) is 4.56. The maximum Gasteiger partial charge on any atom is 0.132 e. The zero-order valence-corrected chi connectivity index (χ0v) is 12.0. The van der Waals surface area contributed by atoms with Crippen LogP contribution < -0.4 is 5.32 Å². The normalized spacial score (nSPS) is 10.4. The Balaban J connectivity index is 2.11. The summed E-state index contributed by atoms with van der Waals surface area (Å²) < 4.78 is 14.4. The molecule has 0 atom stereocenters. The number of hydrogen-bond acceptors (Lipinski definition) is 2. The number of nitrogens with one attached hydrogen (secondary N) is 1. The summed E-state index contributed by atoms with van der Waals surface area (Å²) in [6.07, 6.45) is 1.63. The van der Waals surface area contributed by atoms with Gasteiger partial charge in [0.15, 0.2) is 0 Å². The molecule has 1 N–H and O–H groups in total. The van der Waals surface area contributed by atoms with Crippen LogP contribution >= 0.6 is 27.5 Å². The number of aryl methyl sites for hydroxylation is 1. The molecule has 0 bridgehead atoms. The van der Waals surface area contributed by atoms with Crippen molar-refractivity contribution in [2.75, 3.05) is 5.32 Å². The predicted molar refractivity (Wildman–Crippen MR) is 75.4 cm³/mol. The molecule has 0 unspecified atom stereocenters. The van der Waals surface area contributed by atoms with Crippen molar-refractivity contribution >= 4 is 33.2 Å². The standard InChI is InChI=1S/C13H11BrClFN2/c1-8-4-11(7-18-13(8)15)17-6-9-5-10(14)2-3-12(9)16/h2-5,7,17H,6H2,1H3. The average molecular weight is 330 g/mol. The van der Waals surface area contributed by atoms with Crippen LogP contribution in [0.15, 0.2) is 34.9 Å². The Labute approximate surface area is 118 Å². The monoisotopic (exact) mass is 328 g/mol. The molecule has 1 heterocycles. The van der Waals surface area contributed by atoms with E-state index in [1.807, 2.05) is 13.0 Å². The number of anilines is 1. The fourth-order valence-electron chi connectivity index (χ4n) is 1.53.